The first-order chi connectivity index (χ1) is 12.5. The second kappa shape index (κ2) is 6.52. The molecule has 0 bridgehead atoms. The van der Waals surface area contributed by atoms with Gasteiger partial charge in [0.25, 0.3) is 0 Å². The standard InChI is InChI=1S/C20H28N6/c1-16-10-17(4-5-20(16)21)26-13-18(25-9-7-23(3)15-25)11-19(26)12-24-8-6-22(2)14-24/h4-10,14-15,18-19H,11-13,21H2,1-3H3/q+2. The number of nitrogens with zero attached hydrogens (tertiary/aromatic N) is 5. The Morgan fingerprint density at radius 2 is 1.88 bits per heavy atom. The SMILES string of the molecule is Cc1cc(N2CC(n3cc[n+](C)c3)CC2Cn2cc[n+](C)c2)ccc1N. The number of imidazole rings is 2. The third-order valence-electron chi connectivity index (χ3n) is 5.43. The third kappa shape index (κ3) is 3.19. The summed E-state index contributed by atoms with van der Waals surface area (Å²) in [5, 5.41) is 0. The van der Waals surface area contributed by atoms with Gasteiger partial charge in [-0.2, -0.15) is 0 Å². The normalized spacial score (nSPS) is 20.0. The Bertz CT molecular complexity index is 909. The molecule has 1 aliphatic rings. The van der Waals surface area contributed by atoms with Crippen molar-refractivity contribution in [3.63, 3.8) is 0 Å². The number of hydrogen-bond acceptors (Lipinski definition) is 2. The second-order valence-electron chi connectivity index (χ2n) is 7.54. The van der Waals surface area contributed by atoms with Crippen LogP contribution in [0.15, 0.2) is 55.6 Å². The van der Waals surface area contributed by atoms with E-state index in [9.17, 15) is 0 Å². The summed E-state index contributed by atoms with van der Waals surface area (Å²) >= 11 is 0. The van der Waals surface area contributed by atoms with Crippen molar-refractivity contribution in [2.75, 3.05) is 17.2 Å². The molecule has 26 heavy (non-hydrogen) atoms. The zero-order valence-corrected chi connectivity index (χ0v) is 15.8. The molecule has 1 saturated heterocycles. The summed E-state index contributed by atoms with van der Waals surface area (Å²) in [6, 6.07) is 7.32. The van der Waals surface area contributed by atoms with Gasteiger partial charge in [0.15, 0.2) is 0 Å². The number of nitrogens with two attached hydrogens (primary N) is 1. The fourth-order valence-electron chi connectivity index (χ4n) is 3.97. The number of benzene rings is 1. The van der Waals surface area contributed by atoms with Crippen LogP contribution in [0.4, 0.5) is 11.4 Å². The van der Waals surface area contributed by atoms with Crippen LogP contribution in [0.2, 0.25) is 0 Å². The van der Waals surface area contributed by atoms with Gasteiger partial charge in [0.1, 0.15) is 37.4 Å². The molecule has 2 atom stereocenters. The van der Waals surface area contributed by atoms with Gasteiger partial charge >= 0.3 is 0 Å². The van der Waals surface area contributed by atoms with E-state index in [0.717, 1.165) is 30.8 Å². The van der Waals surface area contributed by atoms with Crippen LogP contribution < -0.4 is 19.8 Å². The van der Waals surface area contributed by atoms with Crippen LogP contribution in [0.1, 0.15) is 18.0 Å². The van der Waals surface area contributed by atoms with Gasteiger partial charge in [-0.15, -0.1) is 0 Å². The summed E-state index contributed by atoms with van der Waals surface area (Å²) in [4.78, 5) is 2.54. The summed E-state index contributed by atoms with van der Waals surface area (Å²) in [5.41, 5.74) is 9.30. The van der Waals surface area contributed by atoms with Gasteiger partial charge in [-0.05, 0) is 30.7 Å². The highest BCUT2D eigenvalue weighted by Gasteiger charge is 2.37. The molecule has 2 aromatic heterocycles. The Morgan fingerprint density at radius 1 is 1.12 bits per heavy atom. The van der Waals surface area contributed by atoms with Crippen molar-refractivity contribution in [3.8, 4) is 0 Å². The predicted octanol–water partition coefficient (Wildman–Crippen LogP) is 1.35. The summed E-state index contributed by atoms with van der Waals surface area (Å²) < 4.78 is 8.82. The van der Waals surface area contributed by atoms with Crippen LogP contribution in [0, 0.1) is 6.92 Å². The highest BCUT2D eigenvalue weighted by atomic mass is 15.3. The maximum absolute atomic E-state index is 6.04. The van der Waals surface area contributed by atoms with Crippen LogP contribution in [0.3, 0.4) is 0 Å². The summed E-state index contributed by atoms with van der Waals surface area (Å²) in [6.45, 7) is 4.07. The number of nitrogen functional groups attached to an aromatic ring is 1. The van der Waals surface area contributed by atoms with Gasteiger partial charge in [0.05, 0.1) is 26.7 Å². The summed E-state index contributed by atoms with van der Waals surface area (Å²) in [5.74, 6) is 0. The first kappa shape index (κ1) is 16.7. The van der Waals surface area contributed by atoms with Crippen molar-refractivity contribution in [2.24, 2.45) is 14.1 Å². The Morgan fingerprint density at radius 3 is 2.54 bits per heavy atom. The van der Waals surface area contributed by atoms with E-state index in [1.165, 1.54) is 5.69 Å². The second-order valence-corrected chi connectivity index (χ2v) is 7.54. The molecule has 0 aliphatic carbocycles. The molecule has 3 aromatic rings. The Labute approximate surface area is 154 Å². The number of aryl methyl sites for hydroxylation is 3. The van der Waals surface area contributed by atoms with E-state index in [1.54, 1.807) is 0 Å². The molecule has 2 unspecified atom stereocenters. The van der Waals surface area contributed by atoms with Crippen LogP contribution in [0.5, 0.6) is 0 Å². The zero-order valence-electron chi connectivity index (χ0n) is 15.8. The molecule has 3 heterocycles. The maximum Gasteiger partial charge on any atom is 0.243 e. The lowest BCUT2D eigenvalue weighted by Crippen LogP contribution is -2.33. The number of anilines is 2. The fourth-order valence-corrected chi connectivity index (χ4v) is 3.97. The first-order valence-corrected chi connectivity index (χ1v) is 9.16. The Kier molecular flexibility index (Phi) is 4.18. The Hall–Kier alpha value is -2.76. The fraction of sp³-hybridized carbons (Fsp3) is 0.400. The molecule has 2 N–H and O–H groups in total. The first-order valence-electron chi connectivity index (χ1n) is 9.16. The van der Waals surface area contributed by atoms with Crippen molar-refractivity contribution < 1.29 is 9.13 Å². The third-order valence-corrected chi connectivity index (χ3v) is 5.43. The quantitative estimate of drug-likeness (QED) is 0.569. The van der Waals surface area contributed by atoms with Gasteiger partial charge in [-0.3, -0.25) is 0 Å². The van der Waals surface area contributed by atoms with E-state index in [4.69, 9.17) is 5.73 Å². The highest BCUT2D eigenvalue weighted by molar-refractivity contribution is 5.59. The van der Waals surface area contributed by atoms with Crippen molar-refractivity contribution in [1.82, 2.24) is 9.13 Å². The number of rotatable bonds is 4. The minimum atomic E-state index is 0.447. The van der Waals surface area contributed by atoms with Crippen molar-refractivity contribution in [2.45, 2.75) is 32.0 Å². The monoisotopic (exact) mass is 352 g/mol. The predicted molar refractivity (Wildman–Crippen MR) is 102 cm³/mol. The van der Waals surface area contributed by atoms with Crippen molar-refractivity contribution in [1.29, 1.82) is 0 Å². The zero-order chi connectivity index (χ0) is 18.3. The largest absolute Gasteiger partial charge is 0.399 e. The summed E-state index contributed by atoms with van der Waals surface area (Å²) in [6.07, 6.45) is 14.0. The minimum absolute atomic E-state index is 0.447. The van der Waals surface area contributed by atoms with E-state index in [2.05, 4.69) is 93.8 Å². The van der Waals surface area contributed by atoms with Crippen molar-refractivity contribution in [3.05, 3.63) is 61.2 Å². The Balaban J connectivity index is 1.63. The molecule has 6 heteroatoms. The smallest absolute Gasteiger partial charge is 0.243 e. The molecule has 136 valence electrons. The van der Waals surface area contributed by atoms with Gasteiger partial charge in [0.2, 0.25) is 12.7 Å². The molecule has 1 aromatic carbocycles. The molecule has 6 nitrogen and oxygen atoms in total. The highest BCUT2D eigenvalue weighted by Crippen LogP contribution is 2.33. The molecule has 1 fully saturated rings. The van der Waals surface area contributed by atoms with Crippen LogP contribution in [-0.4, -0.2) is 21.7 Å². The van der Waals surface area contributed by atoms with E-state index < -0.39 is 0 Å². The molecule has 0 saturated carbocycles. The molecule has 1 aliphatic heterocycles. The molecular weight excluding hydrogens is 324 g/mol. The summed E-state index contributed by atoms with van der Waals surface area (Å²) in [7, 11) is 4.14. The van der Waals surface area contributed by atoms with E-state index in [1.807, 2.05) is 6.07 Å². The van der Waals surface area contributed by atoms with E-state index >= 15 is 0 Å². The van der Waals surface area contributed by atoms with E-state index in [0.29, 0.717) is 12.1 Å². The van der Waals surface area contributed by atoms with Gasteiger partial charge < -0.3 is 10.6 Å². The molecular formula is C20H28N6+2. The minimum Gasteiger partial charge on any atom is -0.399 e. The molecule has 0 amide bonds. The molecule has 0 radical (unpaired) electrons. The van der Waals surface area contributed by atoms with Gasteiger partial charge in [0, 0.05) is 17.8 Å². The van der Waals surface area contributed by atoms with Crippen LogP contribution in [0.25, 0.3) is 0 Å². The van der Waals surface area contributed by atoms with Gasteiger partial charge in [-0.1, -0.05) is 0 Å². The average molecular weight is 352 g/mol. The van der Waals surface area contributed by atoms with E-state index in [-0.39, 0.29) is 0 Å². The molecule has 0 spiro atoms. The lowest BCUT2D eigenvalue weighted by Gasteiger charge is -2.25. The van der Waals surface area contributed by atoms with Gasteiger partial charge in [-0.25, -0.2) is 18.3 Å². The molecule has 4 rings (SSSR count). The average Bonchev–Trinajstić information content (AvgIpc) is 3.31. The maximum atomic E-state index is 6.04. The lowest BCUT2D eigenvalue weighted by atomic mass is 10.1. The topological polar surface area (TPSA) is 46.9 Å². The van der Waals surface area contributed by atoms with Crippen LogP contribution >= 0.6 is 0 Å². The lowest BCUT2D eigenvalue weighted by molar-refractivity contribution is -0.671. The van der Waals surface area contributed by atoms with Crippen LogP contribution in [-0.2, 0) is 20.6 Å². The number of hydrogen-bond donors (Lipinski definition) is 1. The number of aromatic nitrogens is 4. The van der Waals surface area contributed by atoms with Crippen molar-refractivity contribution >= 4 is 11.4 Å².